The monoisotopic (exact) mass is 295 g/mol. The first-order valence-corrected chi connectivity index (χ1v) is 8.70. The van der Waals surface area contributed by atoms with Crippen molar-refractivity contribution in [1.29, 1.82) is 0 Å². The van der Waals surface area contributed by atoms with Crippen LogP contribution in [-0.2, 0) is 4.79 Å². The number of rotatable bonds is 6. The van der Waals surface area contributed by atoms with Gasteiger partial charge in [0.2, 0.25) is 0 Å². The lowest BCUT2D eigenvalue weighted by Crippen LogP contribution is -2.50. The Balaban J connectivity index is 1.71. The molecule has 4 heteroatoms. The number of Topliss-reactive ketones (excluding diaryl/α,β-unsaturated/α-hetero) is 1. The summed E-state index contributed by atoms with van der Waals surface area (Å²) in [5.41, 5.74) is 0. The molecule has 2 aliphatic rings. The molecular formula is C17H33N3O. The molecule has 0 aromatic heterocycles. The molecule has 2 fully saturated rings. The summed E-state index contributed by atoms with van der Waals surface area (Å²) in [5.74, 6) is 1.63. The van der Waals surface area contributed by atoms with Crippen LogP contribution in [0.2, 0.25) is 0 Å². The summed E-state index contributed by atoms with van der Waals surface area (Å²) in [5, 5.41) is 0. The van der Waals surface area contributed by atoms with Gasteiger partial charge in [0.25, 0.3) is 0 Å². The zero-order valence-electron chi connectivity index (χ0n) is 14.2. The molecule has 0 bridgehead atoms. The lowest BCUT2D eigenvalue weighted by Gasteiger charge is -2.38. The average molecular weight is 295 g/mol. The molecule has 0 spiro atoms. The first-order chi connectivity index (χ1) is 10.1. The minimum absolute atomic E-state index is 0.317. The van der Waals surface area contributed by atoms with E-state index >= 15 is 0 Å². The molecule has 1 saturated carbocycles. The second-order valence-corrected chi connectivity index (χ2v) is 7.16. The van der Waals surface area contributed by atoms with Crippen LogP contribution in [0.15, 0.2) is 0 Å². The first kappa shape index (κ1) is 16.9. The molecule has 1 aliphatic carbocycles. The van der Waals surface area contributed by atoms with Crippen LogP contribution in [0.4, 0.5) is 0 Å². The third-order valence-corrected chi connectivity index (χ3v) is 5.26. The molecule has 2 atom stereocenters. The summed E-state index contributed by atoms with van der Waals surface area (Å²) >= 11 is 0. The van der Waals surface area contributed by atoms with Gasteiger partial charge in [-0.15, -0.1) is 0 Å². The fourth-order valence-electron chi connectivity index (χ4n) is 3.60. The Morgan fingerprint density at radius 2 is 1.81 bits per heavy atom. The van der Waals surface area contributed by atoms with Crippen molar-refractivity contribution in [2.75, 3.05) is 59.9 Å². The number of carbonyl (C=O) groups excluding carboxylic acids is 1. The van der Waals surface area contributed by atoms with Gasteiger partial charge < -0.3 is 9.80 Å². The fourth-order valence-corrected chi connectivity index (χ4v) is 3.60. The van der Waals surface area contributed by atoms with Crippen LogP contribution >= 0.6 is 0 Å². The number of hydrogen-bond donors (Lipinski definition) is 0. The van der Waals surface area contributed by atoms with Gasteiger partial charge >= 0.3 is 0 Å². The molecule has 0 radical (unpaired) electrons. The van der Waals surface area contributed by atoms with E-state index in [2.05, 4.69) is 35.7 Å². The highest BCUT2D eigenvalue weighted by Gasteiger charge is 2.30. The van der Waals surface area contributed by atoms with Crippen LogP contribution in [0.3, 0.4) is 0 Å². The maximum atomic E-state index is 12.1. The third-order valence-electron chi connectivity index (χ3n) is 5.26. The normalized spacial score (nSPS) is 29.2. The van der Waals surface area contributed by atoms with Gasteiger partial charge in [0.1, 0.15) is 5.78 Å². The molecular weight excluding hydrogens is 262 g/mol. The number of likely N-dealkylation sites (N-methyl/N-ethyl adjacent to an activating group) is 1. The topological polar surface area (TPSA) is 26.8 Å². The molecule has 4 nitrogen and oxygen atoms in total. The van der Waals surface area contributed by atoms with Gasteiger partial charge in [-0.25, -0.2) is 0 Å². The summed E-state index contributed by atoms with van der Waals surface area (Å²) in [6.45, 7) is 10.2. The molecule has 122 valence electrons. The van der Waals surface area contributed by atoms with Crippen molar-refractivity contribution in [3.63, 3.8) is 0 Å². The largest absolute Gasteiger partial charge is 0.308 e. The SMILES string of the molecule is CCC1CCC(=O)C(CN2CCN(CCN(C)C)CC2)C1. The second kappa shape index (κ2) is 8.25. The van der Waals surface area contributed by atoms with E-state index in [4.69, 9.17) is 0 Å². The van der Waals surface area contributed by atoms with E-state index in [1.807, 2.05) is 0 Å². The van der Waals surface area contributed by atoms with Gasteiger partial charge in [-0.3, -0.25) is 9.69 Å². The number of nitrogens with zero attached hydrogens (tertiary/aromatic N) is 3. The van der Waals surface area contributed by atoms with Crippen LogP contribution < -0.4 is 0 Å². The van der Waals surface area contributed by atoms with Crippen molar-refractivity contribution in [3.8, 4) is 0 Å². The molecule has 2 unspecified atom stereocenters. The Kier molecular flexibility index (Phi) is 6.65. The maximum Gasteiger partial charge on any atom is 0.137 e. The minimum Gasteiger partial charge on any atom is -0.308 e. The van der Waals surface area contributed by atoms with Crippen LogP contribution in [0.5, 0.6) is 0 Å². The third kappa shape index (κ3) is 5.35. The van der Waals surface area contributed by atoms with Crippen LogP contribution in [0, 0.1) is 11.8 Å². The van der Waals surface area contributed by atoms with Crippen molar-refractivity contribution >= 4 is 5.78 Å². The highest BCUT2D eigenvalue weighted by Crippen LogP contribution is 2.29. The highest BCUT2D eigenvalue weighted by atomic mass is 16.1. The molecule has 2 rings (SSSR count). The summed E-state index contributed by atoms with van der Waals surface area (Å²) in [7, 11) is 4.27. The smallest absolute Gasteiger partial charge is 0.137 e. The van der Waals surface area contributed by atoms with Crippen molar-refractivity contribution in [1.82, 2.24) is 14.7 Å². The quantitative estimate of drug-likeness (QED) is 0.743. The second-order valence-electron chi connectivity index (χ2n) is 7.16. The van der Waals surface area contributed by atoms with E-state index in [0.717, 1.165) is 64.4 Å². The number of piperazine rings is 1. The Hall–Kier alpha value is -0.450. The Bertz CT molecular complexity index is 324. The van der Waals surface area contributed by atoms with Gasteiger partial charge in [0.15, 0.2) is 0 Å². The number of ketones is 1. The maximum absolute atomic E-state index is 12.1. The molecule has 21 heavy (non-hydrogen) atoms. The van der Waals surface area contributed by atoms with E-state index in [1.165, 1.54) is 13.0 Å². The fraction of sp³-hybridized carbons (Fsp3) is 0.941. The zero-order chi connectivity index (χ0) is 15.2. The molecule has 1 heterocycles. The van der Waals surface area contributed by atoms with Crippen molar-refractivity contribution < 1.29 is 4.79 Å². The Labute approximate surface area is 130 Å². The van der Waals surface area contributed by atoms with E-state index in [1.54, 1.807) is 0 Å². The standard InChI is InChI=1S/C17H33N3O/c1-4-15-5-6-17(21)16(13-15)14-20-11-9-19(10-12-20)8-7-18(2)3/h15-16H,4-14H2,1-3H3. The molecule has 0 aromatic carbocycles. The van der Waals surface area contributed by atoms with E-state index in [0.29, 0.717) is 11.7 Å². The molecule has 0 N–H and O–H groups in total. The van der Waals surface area contributed by atoms with Gasteiger partial charge in [0, 0.05) is 58.2 Å². The van der Waals surface area contributed by atoms with Crippen LogP contribution in [0.1, 0.15) is 32.6 Å². The van der Waals surface area contributed by atoms with Crippen LogP contribution in [-0.4, -0.2) is 80.4 Å². The van der Waals surface area contributed by atoms with Crippen molar-refractivity contribution in [2.45, 2.75) is 32.6 Å². The van der Waals surface area contributed by atoms with Crippen LogP contribution in [0.25, 0.3) is 0 Å². The van der Waals surface area contributed by atoms with E-state index in [-0.39, 0.29) is 0 Å². The minimum atomic E-state index is 0.317. The highest BCUT2D eigenvalue weighted by molar-refractivity contribution is 5.81. The lowest BCUT2D eigenvalue weighted by molar-refractivity contribution is -0.126. The van der Waals surface area contributed by atoms with E-state index < -0.39 is 0 Å². The zero-order valence-corrected chi connectivity index (χ0v) is 14.2. The Morgan fingerprint density at radius 3 is 2.43 bits per heavy atom. The summed E-state index contributed by atoms with van der Waals surface area (Å²) in [6.07, 6.45) is 4.33. The number of carbonyl (C=O) groups is 1. The molecule has 1 saturated heterocycles. The summed E-state index contributed by atoms with van der Waals surface area (Å²) in [4.78, 5) is 19.4. The molecule has 0 amide bonds. The predicted octanol–water partition coefficient (Wildman–Crippen LogP) is 1.56. The predicted molar refractivity (Wildman–Crippen MR) is 87.6 cm³/mol. The first-order valence-electron chi connectivity index (χ1n) is 8.70. The molecule has 1 aliphatic heterocycles. The van der Waals surface area contributed by atoms with Gasteiger partial charge in [0.05, 0.1) is 0 Å². The number of hydrogen-bond acceptors (Lipinski definition) is 4. The van der Waals surface area contributed by atoms with Gasteiger partial charge in [-0.1, -0.05) is 13.3 Å². The van der Waals surface area contributed by atoms with Gasteiger partial charge in [-0.05, 0) is 32.9 Å². The lowest BCUT2D eigenvalue weighted by atomic mass is 9.79. The van der Waals surface area contributed by atoms with E-state index in [9.17, 15) is 4.79 Å². The average Bonchev–Trinajstić information content (AvgIpc) is 2.48. The summed E-state index contributed by atoms with van der Waals surface area (Å²) < 4.78 is 0. The summed E-state index contributed by atoms with van der Waals surface area (Å²) in [6, 6.07) is 0. The molecule has 0 aromatic rings. The van der Waals surface area contributed by atoms with Crippen molar-refractivity contribution in [2.24, 2.45) is 11.8 Å². The Morgan fingerprint density at radius 1 is 1.14 bits per heavy atom. The van der Waals surface area contributed by atoms with Crippen molar-refractivity contribution in [3.05, 3.63) is 0 Å². The van der Waals surface area contributed by atoms with Gasteiger partial charge in [-0.2, -0.15) is 0 Å².